The molecule has 8 heteroatoms. The highest BCUT2D eigenvalue weighted by molar-refractivity contribution is 14.0. The van der Waals surface area contributed by atoms with Crippen molar-refractivity contribution >= 4 is 35.8 Å². The van der Waals surface area contributed by atoms with Gasteiger partial charge in [-0.05, 0) is 45.4 Å². The quantitative estimate of drug-likeness (QED) is 0.184. The molecule has 0 saturated heterocycles. The number of benzene rings is 1. The predicted octanol–water partition coefficient (Wildman–Crippen LogP) is 3.88. The molecule has 172 valence electrons. The fraction of sp³-hybridized carbons (Fsp3) is 0.636. The van der Waals surface area contributed by atoms with Crippen LogP contribution in [0.2, 0.25) is 0 Å². The molecule has 0 aliphatic rings. The molecule has 3 N–H and O–H groups in total. The Kier molecular flexibility index (Phi) is 13.5. The average molecular weight is 534 g/mol. The summed E-state index contributed by atoms with van der Waals surface area (Å²) in [6, 6.07) is 5.98. The van der Waals surface area contributed by atoms with Crippen LogP contribution in [0.15, 0.2) is 23.2 Å². The number of amides is 1. The van der Waals surface area contributed by atoms with Crippen molar-refractivity contribution in [2.24, 2.45) is 10.4 Å². The van der Waals surface area contributed by atoms with E-state index >= 15 is 0 Å². The summed E-state index contributed by atoms with van der Waals surface area (Å²) in [5.74, 6) is 2.22. The van der Waals surface area contributed by atoms with E-state index in [9.17, 15) is 4.79 Å². The van der Waals surface area contributed by atoms with E-state index in [1.807, 2.05) is 59.7 Å². The first-order valence-corrected chi connectivity index (χ1v) is 10.5. The van der Waals surface area contributed by atoms with Crippen LogP contribution in [0, 0.1) is 5.41 Å². The van der Waals surface area contributed by atoms with Crippen molar-refractivity contribution in [2.75, 3.05) is 32.8 Å². The van der Waals surface area contributed by atoms with Crippen LogP contribution in [0.5, 0.6) is 11.5 Å². The molecule has 0 spiro atoms. The Bertz CT molecular complexity index is 675. The topological polar surface area (TPSA) is 84.0 Å². The van der Waals surface area contributed by atoms with Crippen LogP contribution < -0.4 is 25.4 Å². The number of guanidine groups is 1. The summed E-state index contributed by atoms with van der Waals surface area (Å²) in [5, 5.41) is 9.56. The molecule has 0 heterocycles. The molecule has 0 radical (unpaired) electrons. The second-order valence-corrected chi connectivity index (χ2v) is 7.70. The molecule has 7 nitrogen and oxygen atoms in total. The van der Waals surface area contributed by atoms with Gasteiger partial charge in [0.2, 0.25) is 5.91 Å². The van der Waals surface area contributed by atoms with Crippen molar-refractivity contribution in [2.45, 2.75) is 54.5 Å². The average Bonchev–Trinajstić information content (AvgIpc) is 2.66. The third-order valence-electron chi connectivity index (χ3n) is 4.11. The molecule has 0 bridgehead atoms. The van der Waals surface area contributed by atoms with E-state index in [0.717, 1.165) is 23.6 Å². The van der Waals surface area contributed by atoms with E-state index in [1.165, 1.54) is 0 Å². The SMILES string of the molecule is CCNC(=NCCNC(=O)C(C)(C)C)NC(C)c1ccc(OCC)c(OCC)c1.I. The van der Waals surface area contributed by atoms with Gasteiger partial charge in [0.1, 0.15) is 0 Å². The van der Waals surface area contributed by atoms with Gasteiger partial charge in [0.15, 0.2) is 17.5 Å². The Morgan fingerprint density at radius 2 is 1.70 bits per heavy atom. The highest BCUT2D eigenvalue weighted by atomic mass is 127. The molecule has 1 aromatic carbocycles. The highest BCUT2D eigenvalue weighted by Crippen LogP contribution is 2.30. The fourth-order valence-corrected chi connectivity index (χ4v) is 2.55. The van der Waals surface area contributed by atoms with Crippen LogP contribution in [0.25, 0.3) is 0 Å². The van der Waals surface area contributed by atoms with Crippen molar-refractivity contribution in [3.8, 4) is 11.5 Å². The lowest BCUT2D eigenvalue weighted by Gasteiger charge is -2.20. The maximum Gasteiger partial charge on any atom is 0.225 e. The zero-order valence-corrected chi connectivity index (χ0v) is 21.8. The van der Waals surface area contributed by atoms with Crippen LogP contribution in [0.1, 0.15) is 60.1 Å². The van der Waals surface area contributed by atoms with E-state index in [4.69, 9.17) is 9.47 Å². The number of ether oxygens (including phenoxy) is 2. The van der Waals surface area contributed by atoms with Crippen LogP contribution in [0.4, 0.5) is 0 Å². The lowest BCUT2D eigenvalue weighted by molar-refractivity contribution is -0.128. The molecule has 1 amide bonds. The van der Waals surface area contributed by atoms with Gasteiger partial charge < -0.3 is 25.4 Å². The lowest BCUT2D eigenvalue weighted by atomic mass is 9.96. The Labute approximate surface area is 198 Å². The number of halogens is 1. The molecule has 1 aromatic rings. The van der Waals surface area contributed by atoms with Crippen LogP contribution in [-0.4, -0.2) is 44.7 Å². The first-order valence-electron chi connectivity index (χ1n) is 10.5. The summed E-state index contributed by atoms with van der Waals surface area (Å²) in [7, 11) is 0. The van der Waals surface area contributed by atoms with Gasteiger partial charge in [0.05, 0.1) is 25.8 Å². The molecular formula is C22H39IN4O3. The largest absolute Gasteiger partial charge is 0.490 e. The number of nitrogens with one attached hydrogen (secondary N) is 3. The van der Waals surface area contributed by atoms with Gasteiger partial charge in [0, 0.05) is 18.5 Å². The number of rotatable bonds is 10. The van der Waals surface area contributed by atoms with Gasteiger partial charge in [-0.1, -0.05) is 26.8 Å². The van der Waals surface area contributed by atoms with E-state index in [0.29, 0.717) is 32.3 Å². The van der Waals surface area contributed by atoms with Gasteiger partial charge in [-0.15, -0.1) is 24.0 Å². The maximum absolute atomic E-state index is 11.9. The van der Waals surface area contributed by atoms with E-state index in [1.54, 1.807) is 0 Å². The minimum absolute atomic E-state index is 0. The predicted molar refractivity (Wildman–Crippen MR) is 134 cm³/mol. The summed E-state index contributed by atoms with van der Waals surface area (Å²) < 4.78 is 11.4. The van der Waals surface area contributed by atoms with Crippen molar-refractivity contribution in [1.29, 1.82) is 0 Å². The van der Waals surface area contributed by atoms with Gasteiger partial charge in [-0.3, -0.25) is 9.79 Å². The second-order valence-electron chi connectivity index (χ2n) is 7.70. The molecule has 1 atom stereocenters. The minimum Gasteiger partial charge on any atom is -0.490 e. The number of carbonyl (C=O) groups excluding carboxylic acids is 1. The maximum atomic E-state index is 11.9. The van der Waals surface area contributed by atoms with Gasteiger partial charge in [-0.2, -0.15) is 0 Å². The van der Waals surface area contributed by atoms with Gasteiger partial charge in [-0.25, -0.2) is 0 Å². The molecule has 30 heavy (non-hydrogen) atoms. The minimum atomic E-state index is -0.396. The normalized spacial score (nSPS) is 12.4. The Morgan fingerprint density at radius 3 is 2.27 bits per heavy atom. The molecule has 1 unspecified atom stereocenters. The zero-order chi connectivity index (χ0) is 21.9. The van der Waals surface area contributed by atoms with E-state index in [2.05, 4.69) is 27.9 Å². The monoisotopic (exact) mass is 534 g/mol. The first-order chi connectivity index (χ1) is 13.7. The van der Waals surface area contributed by atoms with Crippen molar-refractivity contribution in [3.05, 3.63) is 23.8 Å². The van der Waals surface area contributed by atoms with Crippen LogP contribution >= 0.6 is 24.0 Å². The molecule has 1 rings (SSSR count). The second kappa shape index (κ2) is 14.3. The lowest BCUT2D eigenvalue weighted by Crippen LogP contribution is -2.40. The smallest absolute Gasteiger partial charge is 0.225 e. The number of nitrogens with zero attached hydrogens (tertiary/aromatic N) is 1. The standard InChI is InChI=1S/C22H38N4O3.HI/c1-8-23-21(25-14-13-24-20(27)22(5,6)7)26-16(4)17-11-12-18(28-9-2)19(15-17)29-10-3;/h11-12,15-16H,8-10,13-14H2,1-7H3,(H,24,27)(H2,23,25,26);1H. The number of hydrogen-bond acceptors (Lipinski definition) is 4. The summed E-state index contributed by atoms with van der Waals surface area (Å²) in [6.07, 6.45) is 0. The number of hydrogen-bond donors (Lipinski definition) is 3. The molecule has 0 fully saturated rings. The Hall–Kier alpha value is -1.71. The number of aliphatic imine (C=N–C) groups is 1. The number of carbonyl (C=O) groups is 1. The van der Waals surface area contributed by atoms with Crippen LogP contribution in [-0.2, 0) is 4.79 Å². The molecule has 0 saturated carbocycles. The summed E-state index contributed by atoms with van der Waals surface area (Å²) in [4.78, 5) is 16.5. The molecule has 0 aromatic heterocycles. The van der Waals surface area contributed by atoms with Crippen molar-refractivity contribution < 1.29 is 14.3 Å². The third-order valence-corrected chi connectivity index (χ3v) is 4.11. The Balaban J connectivity index is 0.00000841. The fourth-order valence-electron chi connectivity index (χ4n) is 2.55. The first kappa shape index (κ1) is 28.3. The summed E-state index contributed by atoms with van der Waals surface area (Å²) in [6.45, 7) is 16.6. The summed E-state index contributed by atoms with van der Waals surface area (Å²) >= 11 is 0. The summed E-state index contributed by atoms with van der Waals surface area (Å²) in [5.41, 5.74) is 0.677. The van der Waals surface area contributed by atoms with Crippen molar-refractivity contribution in [1.82, 2.24) is 16.0 Å². The van der Waals surface area contributed by atoms with Crippen molar-refractivity contribution in [3.63, 3.8) is 0 Å². The molecule has 0 aliphatic heterocycles. The van der Waals surface area contributed by atoms with Gasteiger partial charge in [0.25, 0.3) is 0 Å². The van der Waals surface area contributed by atoms with E-state index in [-0.39, 0.29) is 35.9 Å². The van der Waals surface area contributed by atoms with Gasteiger partial charge >= 0.3 is 0 Å². The highest BCUT2D eigenvalue weighted by Gasteiger charge is 2.20. The van der Waals surface area contributed by atoms with Crippen LogP contribution in [0.3, 0.4) is 0 Å². The van der Waals surface area contributed by atoms with E-state index < -0.39 is 5.41 Å². The molecule has 0 aliphatic carbocycles. The third kappa shape index (κ3) is 9.86. The zero-order valence-electron chi connectivity index (χ0n) is 19.4. The Morgan fingerprint density at radius 1 is 1.07 bits per heavy atom. The molecular weight excluding hydrogens is 495 g/mol.